The molecule has 0 radical (unpaired) electrons. The largest absolute Gasteiger partial charge is 0.448 e. The highest BCUT2D eigenvalue weighted by Crippen LogP contribution is 2.23. The zero-order valence-electron chi connectivity index (χ0n) is 7.86. The molecule has 0 N–H and O–H groups in total. The second-order valence-corrected chi connectivity index (χ2v) is 3.68. The highest BCUT2D eigenvalue weighted by Gasteiger charge is 2.07. The summed E-state index contributed by atoms with van der Waals surface area (Å²) in [6.45, 7) is 1.74. The van der Waals surface area contributed by atoms with E-state index in [9.17, 15) is 0 Å². The third-order valence-corrected chi connectivity index (χ3v) is 2.20. The summed E-state index contributed by atoms with van der Waals surface area (Å²) in [6, 6.07) is 7.14. The Morgan fingerprint density at radius 3 is 2.80 bits per heavy atom. The number of hydrogen-bond donors (Lipinski definition) is 0. The third kappa shape index (κ3) is 2.05. The van der Waals surface area contributed by atoms with Crippen LogP contribution in [0.3, 0.4) is 0 Å². The van der Waals surface area contributed by atoms with E-state index in [1.807, 2.05) is 6.07 Å². The lowest BCUT2D eigenvalue weighted by Gasteiger charge is -1.98. The average Bonchev–Trinajstić information content (AvgIpc) is 2.64. The molecular formula is C10H6BrN3O. The summed E-state index contributed by atoms with van der Waals surface area (Å²) < 4.78 is 5.97. The lowest BCUT2D eigenvalue weighted by atomic mass is 10.3. The highest BCUT2D eigenvalue weighted by molar-refractivity contribution is 9.10. The number of nitrogens with zero attached hydrogens (tertiary/aromatic N) is 3. The van der Waals surface area contributed by atoms with Crippen LogP contribution in [0.2, 0.25) is 0 Å². The van der Waals surface area contributed by atoms with Gasteiger partial charge < -0.3 is 4.42 Å². The fraction of sp³-hybridized carbons (Fsp3) is 0.100. The summed E-state index contributed by atoms with van der Waals surface area (Å²) in [5, 5.41) is 8.76. The van der Waals surface area contributed by atoms with Crippen molar-refractivity contribution >= 4 is 15.9 Å². The second kappa shape index (κ2) is 3.83. The SMILES string of the molecule is Cc1nc(C#N)cc(-c2ccc(Br)o2)n1. The van der Waals surface area contributed by atoms with Crippen molar-refractivity contribution in [2.24, 2.45) is 0 Å². The molecule has 2 aromatic heterocycles. The van der Waals surface area contributed by atoms with Crippen molar-refractivity contribution < 1.29 is 4.42 Å². The Labute approximate surface area is 94.7 Å². The molecule has 0 unspecified atom stereocenters. The molecule has 2 rings (SSSR count). The molecule has 0 amide bonds. The van der Waals surface area contributed by atoms with E-state index in [-0.39, 0.29) is 0 Å². The minimum absolute atomic E-state index is 0.338. The number of furan rings is 1. The van der Waals surface area contributed by atoms with E-state index in [1.54, 1.807) is 25.1 Å². The summed E-state index contributed by atoms with van der Waals surface area (Å²) in [6.07, 6.45) is 0. The van der Waals surface area contributed by atoms with Gasteiger partial charge in [0, 0.05) is 6.07 Å². The molecule has 4 nitrogen and oxygen atoms in total. The van der Waals surface area contributed by atoms with E-state index in [2.05, 4.69) is 25.9 Å². The summed E-state index contributed by atoms with van der Waals surface area (Å²) in [5.74, 6) is 1.17. The predicted octanol–water partition coefficient (Wildman–Crippen LogP) is 2.68. The van der Waals surface area contributed by atoms with E-state index in [1.165, 1.54) is 0 Å². The molecule has 0 spiro atoms. The lowest BCUT2D eigenvalue weighted by molar-refractivity contribution is 0.553. The fourth-order valence-corrected chi connectivity index (χ4v) is 1.51. The first-order chi connectivity index (χ1) is 7.19. The first-order valence-electron chi connectivity index (χ1n) is 4.20. The smallest absolute Gasteiger partial charge is 0.169 e. The van der Waals surface area contributed by atoms with Crippen LogP contribution in [0.5, 0.6) is 0 Å². The number of hydrogen-bond acceptors (Lipinski definition) is 4. The average molecular weight is 264 g/mol. The van der Waals surface area contributed by atoms with Gasteiger partial charge in [0.05, 0.1) is 0 Å². The minimum atomic E-state index is 0.338. The second-order valence-electron chi connectivity index (χ2n) is 2.90. The molecule has 2 aromatic rings. The Morgan fingerprint density at radius 1 is 1.40 bits per heavy atom. The van der Waals surface area contributed by atoms with Crippen molar-refractivity contribution in [1.82, 2.24) is 9.97 Å². The van der Waals surface area contributed by atoms with Gasteiger partial charge in [-0.15, -0.1) is 0 Å². The van der Waals surface area contributed by atoms with Gasteiger partial charge in [-0.3, -0.25) is 0 Å². The Balaban J connectivity index is 2.54. The predicted molar refractivity (Wildman–Crippen MR) is 56.9 cm³/mol. The molecule has 74 valence electrons. The molecule has 2 heterocycles. The number of aryl methyl sites for hydroxylation is 1. The number of halogens is 1. The van der Waals surface area contributed by atoms with Gasteiger partial charge in [0.2, 0.25) is 0 Å². The maximum atomic E-state index is 8.76. The number of aromatic nitrogens is 2. The Morgan fingerprint density at radius 2 is 2.20 bits per heavy atom. The van der Waals surface area contributed by atoms with Crippen molar-refractivity contribution in [3.05, 3.63) is 34.4 Å². The fourth-order valence-electron chi connectivity index (χ4n) is 1.20. The van der Waals surface area contributed by atoms with Gasteiger partial charge in [-0.25, -0.2) is 9.97 Å². The Hall–Kier alpha value is -1.67. The van der Waals surface area contributed by atoms with Crippen LogP contribution in [0.1, 0.15) is 11.5 Å². The highest BCUT2D eigenvalue weighted by atomic mass is 79.9. The third-order valence-electron chi connectivity index (χ3n) is 1.78. The minimum Gasteiger partial charge on any atom is -0.448 e. The first kappa shape index (κ1) is 9.87. The van der Waals surface area contributed by atoms with Gasteiger partial charge in [-0.2, -0.15) is 5.26 Å². The van der Waals surface area contributed by atoms with Crippen molar-refractivity contribution in [3.8, 4) is 17.5 Å². The van der Waals surface area contributed by atoms with Crippen LogP contribution >= 0.6 is 15.9 Å². The van der Waals surface area contributed by atoms with Crippen molar-refractivity contribution in [2.45, 2.75) is 6.92 Å². The van der Waals surface area contributed by atoms with E-state index in [0.717, 1.165) is 0 Å². The molecule has 0 fully saturated rings. The van der Waals surface area contributed by atoms with Crippen LogP contribution in [-0.2, 0) is 0 Å². The summed E-state index contributed by atoms with van der Waals surface area (Å²) in [5.41, 5.74) is 0.953. The van der Waals surface area contributed by atoms with E-state index < -0.39 is 0 Å². The normalized spacial score (nSPS) is 9.93. The van der Waals surface area contributed by atoms with Crippen LogP contribution in [0.25, 0.3) is 11.5 Å². The Bertz CT molecular complexity index is 542. The molecule has 0 saturated heterocycles. The first-order valence-corrected chi connectivity index (χ1v) is 5.00. The monoisotopic (exact) mass is 263 g/mol. The topological polar surface area (TPSA) is 62.7 Å². The Kier molecular flexibility index (Phi) is 2.52. The number of nitriles is 1. The molecule has 0 aliphatic carbocycles. The molecule has 5 heteroatoms. The van der Waals surface area contributed by atoms with Gasteiger partial charge in [0.15, 0.2) is 10.4 Å². The van der Waals surface area contributed by atoms with E-state index in [0.29, 0.717) is 27.6 Å². The van der Waals surface area contributed by atoms with Crippen molar-refractivity contribution in [2.75, 3.05) is 0 Å². The molecule has 15 heavy (non-hydrogen) atoms. The zero-order valence-corrected chi connectivity index (χ0v) is 9.45. The van der Waals surface area contributed by atoms with Crippen LogP contribution in [-0.4, -0.2) is 9.97 Å². The summed E-state index contributed by atoms with van der Waals surface area (Å²) in [7, 11) is 0. The van der Waals surface area contributed by atoms with Crippen LogP contribution in [0.15, 0.2) is 27.3 Å². The molecule has 0 aliphatic heterocycles. The zero-order chi connectivity index (χ0) is 10.8. The maximum absolute atomic E-state index is 8.76. The quantitative estimate of drug-likeness (QED) is 0.794. The molecule has 0 atom stereocenters. The van der Waals surface area contributed by atoms with E-state index in [4.69, 9.17) is 9.68 Å². The summed E-state index contributed by atoms with van der Waals surface area (Å²) >= 11 is 3.21. The maximum Gasteiger partial charge on any atom is 0.169 e. The molecule has 0 bridgehead atoms. The molecule has 0 aliphatic rings. The van der Waals surface area contributed by atoms with Crippen LogP contribution in [0, 0.1) is 18.3 Å². The molecule has 0 aromatic carbocycles. The van der Waals surface area contributed by atoms with Gasteiger partial charge in [0.1, 0.15) is 23.3 Å². The van der Waals surface area contributed by atoms with Crippen LogP contribution in [0.4, 0.5) is 0 Å². The van der Waals surface area contributed by atoms with Crippen LogP contribution < -0.4 is 0 Å². The van der Waals surface area contributed by atoms with Crippen molar-refractivity contribution in [1.29, 1.82) is 5.26 Å². The lowest BCUT2D eigenvalue weighted by Crippen LogP contribution is -1.93. The van der Waals surface area contributed by atoms with Gasteiger partial charge >= 0.3 is 0 Å². The van der Waals surface area contributed by atoms with Gasteiger partial charge in [-0.05, 0) is 35.0 Å². The summed E-state index contributed by atoms with van der Waals surface area (Å²) in [4.78, 5) is 8.15. The van der Waals surface area contributed by atoms with Crippen molar-refractivity contribution in [3.63, 3.8) is 0 Å². The standard InChI is InChI=1S/C10H6BrN3O/c1-6-13-7(5-12)4-8(14-6)9-2-3-10(11)15-9/h2-4H,1H3. The number of rotatable bonds is 1. The van der Waals surface area contributed by atoms with E-state index >= 15 is 0 Å². The molecule has 0 saturated carbocycles. The van der Waals surface area contributed by atoms with Gasteiger partial charge in [0.25, 0.3) is 0 Å². The van der Waals surface area contributed by atoms with Gasteiger partial charge in [-0.1, -0.05) is 0 Å². The molecular weight excluding hydrogens is 258 g/mol.